The molecule has 0 spiro atoms. The number of aryl methyl sites for hydroxylation is 1. The van der Waals surface area contributed by atoms with Crippen LogP contribution in [0, 0.1) is 6.92 Å². The second kappa shape index (κ2) is 7.05. The zero-order chi connectivity index (χ0) is 17.1. The average Bonchev–Trinajstić information content (AvgIpc) is 3.06. The molecule has 0 unspecified atom stereocenters. The molecule has 24 heavy (non-hydrogen) atoms. The fraction of sp³-hybridized carbons (Fsp3) is 0.263. The van der Waals surface area contributed by atoms with Crippen molar-refractivity contribution in [3.8, 4) is 0 Å². The Hall–Kier alpha value is -2.33. The zero-order valence-electron chi connectivity index (χ0n) is 13.5. The maximum atomic E-state index is 12.7. The minimum absolute atomic E-state index is 0.0903. The van der Waals surface area contributed by atoms with E-state index in [9.17, 15) is 9.59 Å². The van der Waals surface area contributed by atoms with Crippen LogP contribution in [0.3, 0.4) is 0 Å². The number of halogens is 1. The van der Waals surface area contributed by atoms with Gasteiger partial charge in [0.2, 0.25) is 5.91 Å². The van der Waals surface area contributed by atoms with Crippen LogP contribution in [0.25, 0.3) is 0 Å². The molecule has 1 aliphatic rings. The van der Waals surface area contributed by atoms with Gasteiger partial charge in [-0.05, 0) is 56.2 Å². The largest absolute Gasteiger partial charge is 0.327 e. The number of carbonyl (C=O) groups excluding carboxylic acids is 2. The Labute approximate surface area is 146 Å². The van der Waals surface area contributed by atoms with E-state index in [1.807, 2.05) is 25.1 Å². The molecule has 5 heteroatoms. The van der Waals surface area contributed by atoms with Crippen LogP contribution in [0.1, 0.15) is 28.8 Å². The molecule has 3 rings (SSSR count). The van der Waals surface area contributed by atoms with Crippen molar-refractivity contribution < 1.29 is 9.59 Å². The highest BCUT2D eigenvalue weighted by Gasteiger charge is 2.34. The molecule has 2 aromatic carbocycles. The predicted octanol–water partition coefficient (Wildman–Crippen LogP) is 3.89. The van der Waals surface area contributed by atoms with Gasteiger partial charge in [0.15, 0.2) is 0 Å². The van der Waals surface area contributed by atoms with E-state index in [0.29, 0.717) is 29.2 Å². The van der Waals surface area contributed by atoms with Crippen molar-refractivity contribution in [1.29, 1.82) is 0 Å². The van der Waals surface area contributed by atoms with Gasteiger partial charge in [-0.3, -0.25) is 9.59 Å². The summed E-state index contributed by atoms with van der Waals surface area (Å²) in [4.78, 5) is 27.0. The van der Waals surface area contributed by atoms with Crippen LogP contribution in [0.2, 0.25) is 5.02 Å². The third-order valence-corrected chi connectivity index (χ3v) is 4.45. The number of rotatable bonds is 3. The first-order valence-corrected chi connectivity index (χ1v) is 8.36. The topological polar surface area (TPSA) is 49.4 Å². The molecule has 2 amide bonds. The van der Waals surface area contributed by atoms with Gasteiger partial charge in [0.05, 0.1) is 0 Å². The Bertz CT molecular complexity index is 758. The summed E-state index contributed by atoms with van der Waals surface area (Å²) in [7, 11) is 0. The van der Waals surface area contributed by atoms with Gasteiger partial charge in [0, 0.05) is 22.8 Å². The smallest absolute Gasteiger partial charge is 0.254 e. The highest BCUT2D eigenvalue weighted by molar-refractivity contribution is 6.30. The summed E-state index contributed by atoms with van der Waals surface area (Å²) in [5, 5.41) is 3.48. The van der Waals surface area contributed by atoms with Gasteiger partial charge in [-0.1, -0.05) is 29.3 Å². The van der Waals surface area contributed by atoms with Gasteiger partial charge < -0.3 is 10.2 Å². The molecule has 1 N–H and O–H groups in total. The first kappa shape index (κ1) is 16.5. The van der Waals surface area contributed by atoms with E-state index < -0.39 is 6.04 Å². The Morgan fingerprint density at radius 3 is 2.62 bits per heavy atom. The summed E-state index contributed by atoms with van der Waals surface area (Å²) in [5.74, 6) is -0.247. The fourth-order valence-corrected chi connectivity index (χ4v) is 3.11. The van der Waals surface area contributed by atoms with Gasteiger partial charge in [0.1, 0.15) is 6.04 Å². The number of carbonyl (C=O) groups is 2. The Kier molecular flexibility index (Phi) is 4.86. The van der Waals surface area contributed by atoms with Crippen molar-refractivity contribution in [3.63, 3.8) is 0 Å². The van der Waals surface area contributed by atoms with Crippen molar-refractivity contribution in [2.24, 2.45) is 0 Å². The molecule has 0 radical (unpaired) electrons. The van der Waals surface area contributed by atoms with Crippen LogP contribution in [0.5, 0.6) is 0 Å². The van der Waals surface area contributed by atoms with Gasteiger partial charge in [-0.25, -0.2) is 0 Å². The molecule has 124 valence electrons. The molecular weight excluding hydrogens is 324 g/mol. The standard InChI is InChI=1S/C19H19ClN2O2/c1-13-4-2-5-14(12-13)19(24)22-11-3-6-17(22)18(23)21-16-9-7-15(20)8-10-16/h2,4-5,7-10,12,17H,3,6,11H2,1H3,(H,21,23)/t17-/m0/s1. The maximum Gasteiger partial charge on any atom is 0.254 e. The highest BCUT2D eigenvalue weighted by atomic mass is 35.5. The van der Waals surface area contributed by atoms with Crippen LogP contribution in [-0.4, -0.2) is 29.3 Å². The molecule has 1 heterocycles. The Morgan fingerprint density at radius 1 is 1.17 bits per heavy atom. The van der Waals surface area contributed by atoms with E-state index in [1.54, 1.807) is 35.2 Å². The van der Waals surface area contributed by atoms with E-state index in [1.165, 1.54) is 0 Å². The maximum absolute atomic E-state index is 12.7. The van der Waals surface area contributed by atoms with Crippen LogP contribution < -0.4 is 5.32 Å². The highest BCUT2D eigenvalue weighted by Crippen LogP contribution is 2.22. The minimum atomic E-state index is -0.436. The molecule has 1 aliphatic heterocycles. The van der Waals surface area contributed by atoms with Crippen LogP contribution in [-0.2, 0) is 4.79 Å². The normalized spacial score (nSPS) is 16.9. The van der Waals surface area contributed by atoms with Crippen molar-refractivity contribution in [1.82, 2.24) is 4.90 Å². The second-order valence-electron chi connectivity index (χ2n) is 6.02. The Balaban J connectivity index is 1.73. The summed E-state index contributed by atoms with van der Waals surface area (Å²) in [6.45, 7) is 2.55. The zero-order valence-corrected chi connectivity index (χ0v) is 14.2. The van der Waals surface area contributed by atoms with Crippen LogP contribution in [0.4, 0.5) is 5.69 Å². The lowest BCUT2D eigenvalue weighted by Gasteiger charge is -2.24. The molecule has 0 aromatic heterocycles. The predicted molar refractivity (Wildman–Crippen MR) is 95.3 cm³/mol. The summed E-state index contributed by atoms with van der Waals surface area (Å²) in [6.07, 6.45) is 1.51. The fourth-order valence-electron chi connectivity index (χ4n) is 2.99. The van der Waals surface area contributed by atoms with Gasteiger partial charge in [0.25, 0.3) is 5.91 Å². The first-order valence-electron chi connectivity index (χ1n) is 7.98. The summed E-state index contributed by atoms with van der Waals surface area (Å²) < 4.78 is 0. The van der Waals surface area contributed by atoms with Crippen molar-refractivity contribution >= 4 is 29.1 Å². The molecule has 1 saturated heterocycles. The molecule has 4 nitrogen and oxygen atoms in total. The number of nitrogens with zero attached hydrogens (tertiary/aromatic N) is 1. The third kappa shape index (κ3) is 3.60. The molecule has 1 atom stereocenters. The van der Waals surface area contributed by atoms with Crippen molar-refractivity contribution in [2.45, 2.75) is 25.8 Å². The number of amides is 2. The van der Waals surface area contributed by atoms with E-state index in [-0.39, 0.29) is 11.8 Å². The van der Waals surface area contributed by atoms with Crippen LogP contribution in [0.15, 0.2) is 48.5 Å². The van der Waals surface area contributed by atoms with Crippen molar-refractivity contribution in [3.05, 3.63) is 64.7 Å². The lowest BCUT2D eigenvalue weighted by atomic mass is 10.1. The van der Waals surface area contributed by atoms with Crippen LogP contribution >= 0.6 is 11.6 Å². The van der Waals surface area contributed by atoms with E-state index >= 15 is 0 Å². The summed E-state index contributed by atoms with van der Waals surface area (Å²) in [5.41, 5.74) is 2.34. The number of hydrogen-bond donors (Lipinski definition) is 1. The molecule has 0 saturated carbocycles. The number of anilines is 1. The number of likely N-dealkylation sites (tertiary alicyclic amines) is 1. The SMILES string of the molecule is Cc1cccc(C(=O)N2CCC[C@H]2C(=O)Nc2ccc(Cl)cc2)c1. The van der Waals surface area contributed by atoms with Gasteiger partial charge in [-0.2, -0.15) is 0 Å². The lowest BCUT2D eigenvalue weighted by molar-refractivity contribution is -0.119. The second-order valence-corrected chi connectivity index (χ2v) is 6.46. The van der Waals surface area contributed by atoms with Gasteiger partial charge in [-0.15, -0.1) is 0 Å². The van der Waals surface area contributed by atoms with E-state index in [2.05, 4.69) is 5.32 Å². The minimum Gasteiger partial charge on any atom is -0.327 e. The Morgan fingerprint density at radius 2 is 1.92 bits per heavy atom. The summed E-state index contributed by atoms with van der Waals surface area (Å²) in [6, 6.07) is 14.0. The third-order valence-electron chi connectivity index (χ3n) is 4.19. The number of benzene rings is 2. The number of nitrogens with one attached hydrogen (secondary N) is 1. The molecule has 0 aliphatic carbocycles. The molecule has 1 fully saturated rings. The van der Waals surface area contributed by atoms with Crippen molar-refractivity contribution in [2.75, 3.05) is 11.9 Å². The monoisotopic (exact) mass is 342 g/mol. The van der Waals surface area contributed by atoms with Gasteiger partial charge >= 0.3 is 0 Å². The molecule has 0 bridgehead atoms. The van der Waals surface area contributed by atoms with E-state index in [0.717, 1.165) is 12.0 Å². The quantitative estimate of drug-likeness (QED) is 0.919. The first-order chi connectivity index (χ1) is 11.5. The average molecular weight is 343 g/mol. The van der Waals surface area contributed by atoms with E-state index in [4.69, 9.17) is 11.6 Å². The number of hydrogen-bond acceptors (Lipinski definition) is 2. The lowest BCUT2D eigenvalue weighted by Crippen LogP contribution is -2.43. The molecular formula is C19H19ClN2O2. The molecule has 2 aromatic rings. The summed E-state index contributed by atoms with van der Waals surface area (Å²) >= 11 is 5.86.